The molecule has 0 aromatic heterocycles. The molecule has 0 radical (unpaired) electrons. The Labute approximate surface area is 107 Å². The van der Waals surface area contributed by atoms with Gasteiger partial charge in [0.15, 0.2) is 5.60 Å². The lowest BCUT2D eigenvalue weighted by molar-refractivity contribution is -0.170. The van der Waals surface area contributed by atoms with E-state index in [1.54, 1.807) is 0 Å². The topological polar surface area (TPSA) is 70.1 Å². The Morgan fingerprint density at radius 2 is 2.06 bits per heavy atom. The first-order valence-corrected chi connectivity index (χ1v) is 7.21. The second-order valence-corrected chi connectivity index (χ2v) is 6.30. The highest BCUT2D eigenvalue weighted by Gasteiger charge is 2.49. The van der Waals surface area contributed by atoms with Crippen LogP contribution < -0.4 is 0 Å². The summed E-state index contributed by atoms with van der Waals surface area (Å²) in [5.74, 6) is -0.546. The van der Waals surface area contributed by atoms with Crippen molar-refractivity contribution in [1.82, 2.24) is 0 Å². The van der Waals surface area contributed by atoms with Crippen LogP contribution in [0.15, 0.2) is 0 Å². The number of carbonyl (C=O) groups is 1. The molecule has 4 nitrogen and oxygen atoms in total. The van der Waals surface area contributed by atoms with E-state index in [0.29, 0.717) is 24.5 Å². The summed E-state index contributed by atoms with van der Waals surface area (Å²) >= 11 is 0. The van der Waals surface area contributed by atoms with Gasteiger partial charge in [-0.3, -0.25) is 0 Å². The van der Waals surface area contributed by atoms with E-state index in [2.05, 4.69) is 0 Å². The summed E-state index contributed by atoms with van der Waals surface area (Å²) in [6, 6.07) is 0. The number of aliphatic carboxylic acids is 1. The molecule has 2 saturated carbocycles. The quantitative estimate of drug-likeness (QED) is 0.755. The van der Waals surface area contributed by atoms with Crippen molar-refractivity contribution < 1.29 is 19.7 Å². The predicted octanol–water partition coefficient (Wildman–Crippen LogP) is 1.95. The lowest BCUT2D eigenvalue weighted by Crippen LogP contribution is -2.48. The molecule has 5 atom stereocenters. The van der Waals surface area contributed by atoms with Gasteiger partial charge in [-0.1, -0.05) is 6.42 Å². The molecule has 18 heavy (non-hydrogen) atoms. The van der Waals surface area contributed by atoms with Gasteiger partial charge in [0.05, 0.1) is 12.2 Å². The third-order valence-corrected chi connectivity index (χ3v) is 5.14. The van der Waals surface area contributed by atoms with Gasteiger partial charge in [0, 0.05) is 0 Å². The van der Waals surface area contributed by atoms with Gasteiger partial charge in [-0.25, -0.2) is 4.79 Å². The molecule has 3 rings (SSSR count). The van der Waals surface area contributed by atoms with Crippen LogP contribution in [0.5, 0.6) is 0 Å². The van der Waals surface area contributed by atoms with Gasteiger partial charge in [-0.15, -0.1) is 0 Å². The number of carboxylic acid groups (broad SMARTS) is 1. The summed E-state index contributed by atoms with van der Waals surface area (Å²) in [5.41, 5.74) is -1.47. The standard InChI is InChI=1S/C14H22O4/c15-13(16)14(17)6-2-1-3-10(14)7-9-4-5-11-12(8-9)18-11/h9-12,17H,1-8H2,(H,15,16). The van der Waals surface area contributed by atoms with Crippen molar-refractivity contribution in [1.29, 1.82) is 0 Å². The summed E-state index contributed by atoms with van der Waals surface area (Å²) in [6.45, 7) is 0. The highest BCUT2D eigenvalue weighted by Crippen LogP contribution is 2.45. The molecule has 5 unspecified atom stereocenters. The second-order valence-electron chi connectivity index (χ2n) is 6.30. The van der Waals surface area contributed by atoms with Crippen molar-refractivity contribution in [2.75, 3.05) is 0 Å². The third-order valence-electron chi connectivity index (χ3n) is 5.14. The molecular formula is C14H22O4. The van der Waals surface area contributed by atoms with Gasteiger partial charge in [-0.05, 0) is 56.8 Å². The average molecular weight is 254 g/mol. The summed E-state index contributed by atoms with van der Waals surface area (Å²) in [4.78, 5) is 11.3. The number of rotatable bonds is 3. The van der Waals surface area contributed by atoms with Gasteiger partial charge in [0.25, 0.3) is 0 Å². The first-order valence-electron chi connectivity index (χ1n) is 7.21. The van der Waals surface area contributed by atoms with Gasteiger partial charge in [0.2, 0.25) is 0 Å². The molecule has 1 heterocycles. The number of ether oxygens (including phenoxy) is 1. The Morgan fingerprint density at radius 3 is 2.78 bits per heavy atom. The molecule has 0 aromatic carbocycles. The first kappa shape index (κ1) is 12.4. The molecule has 0 spiro atoms. The Balaban J connectivity index is 1.63. The van der Waals surface area contributed by atoms with E-state index in [0.717, 1.165) is 44.9 Å². The zero-order valence-electron chi connectivity index (χ0n) is 10.7. The molecule has 1 saturated heterocycles. The number of hydrogen-bond donors (Lipinski definition) is 2. The van der Waals surface area contributed by atoms with Crippen LogP contribution in [0.25, 0.3) is 0 Å². The number of carboxylic acids is 1. The maximum atomic E-state index is 11.3. The molecule has 4 heteroatoms. The summed E-state index contributed by atoms with van der Waals surface area (Å²) < 4.78 is 5.52. The van der Waals surface area contributed by atoms with Gasteiger partial charge in [0.1, 0.15) is 0 Å². The maximum absolute atomic E-state index is 11.3. The summed E-state index contributed by atoms with van der Waals surface area (Å²) in [6.07, 6.45) is 8.26. The number of aliphatic hydroxyl groups is 1. The highest BCUT2D eigenvalue weighted by atomic mass is 16.6. The number of fused-ring (bicyclic) bond motifs is 1. The first-order chi connectivity index (χ1) is 8.59. The zero-order chi connectivity index (χ0) is 12.8. The van der Waals surface area contributed by atoms with E-state index in [4.69, 9.17) is 4.74 Å². The average Bonchev–Trinajstić information content (AvgIpc) is 3.10. The van der Waals surface area contributed by atoms with Crippen molar-refractivity contribution in [3.63, 3.8) is 0 Å². The largest absolute Gasteiger partial charge is 0.479 e. The van der Waals surface area contributed by atoms with Crippen molar-refractivity contribution in [3.8, 4) is 0 Å². The van der Waals surface area contributed by atoms with E-state index in [1.165, 1.54) is 0 Å². The summed E-state index contributed by atoms with van der Waals surface area (Å²) in [5, 5.41) is 19.7. The predicted molar refractivity (Wildman–Crippen MR) is 65.2 cm³/mol. The molecule has 2 aliphatic carbocycles. The van der Waals surface area contributed by atoms with E-state index < -0.39 is 11.6 Å². The maximum Gasteiger partial charge on any atom is 0.335 e. The van der Waals surface area contributed by atoms with E-state index in [9.17, 15) is 15.0 Å². The Kier molecular flexibility index (Phi) is 3.10. The normalized spacial score (nSPS) is 47.4. The molecule has 102 valence electrons. The van der Waals surface area contributed by atoms with E-state index in [1.807, 2.05) is 0 Å². The molecule has 2 N–H and O–H groups in total. The highest BCUT2D eigenvalue weighted by molar-refractivity contribution is 5.77. The molecule has 3 aliphatic rings. The lowest BCUT2D eigenvalue weighted by Gasteiger charge is -2.38. The minimum Gasteiger partial charge on any atom is -0.479 e. The van der Waals surface area contributed by atoms with Crippen molar-refractivity contribution in [2.45, 2.75) is 69.2 Å². The van der Waals surface area contributed by atoms with E-state index in [-0.39, 0.29) is 5.92 Å². The van der Waals surface area contributed by atoms with Crippen LogP contribution >= 0.6 is 0 Å². The molecule has 0 amide bonds. The Morgan fingerprint density at radius 1 is 1.22 bits per heavy atom. The molecule has 0 bridgehead atoms. The molecule has 1 aliphatic heterocycles. The fourth-order valence-electron chi connectivity index (χ4n) is 3.93. The Hall–Kier alpha value is -0.610. The van der Waals surface area contributed by atoms with Crippen LogP contribution in [0, 0.1) is 11.8 Å². The van der Waals surface area contributed by atoms with Gasteiger partial charge >= 0.3 is 5.97 Å². The van der Waals surface area contributed by atoms with Crippen molar-refractivity contribution in [2.24, 2.45) is 11.8 Å². The molecule has 0 aromatic rings. The zero-order valence-corrected chi connectivity index (χ0v) is 10.7. The van der Waals surface area contributed by atoms with Crippen LogP contribution in [-0.4, -0.2) is 34.0 Å². The van der Waals surface area contributed by atoms with E-state index >= 15 is 0 Å². The SMILES string of the molecule is O=C(O)C1(O)CCCCC1CC1CCC2OC2C1. The minimum atomic E-state index is -1.47. The number of epoxide rings is 1. The van der Waals surface area contributed by atoms with Crippen LogP contribution in [0.2, 0.25) is 0 Å². The van der Waals surface area contributed by atoms with Crippen LogP contribution in [-0.2, 0) is 9.53 Å². The van der Waals surface area contributed by atoms with Crippen LogP contribution in [0.4, 0.5) is 0 Å². The fourth-order valence-corrected chi connectivity index (χ4v) is 3.93. The number of hydrogen-bond acceptors (Lipinski definition) is 3. The third kappa shape index (κ3) is 2.16. The fraction of sp³-hybridized carbons (Fsp3) is 0.929. The van der Waals surface area contributed by atoms with Crippen molar-refractivity contribution in [3.05, 3.63) is 0 Å². The van der Waals surface area contributed by atoms with Gasteiger partial charge < -0.3 is 14.9 Å². The Bertz CT molecular complexity index is 343. The smallest absolute Gasteiger partial charge is 0.335 e. The molecule has 3 fully saturated rings. The van der Waals surface area contributed by atoms with Crippen LogP contribution in [0.3, 0.4) is 0 Å². The summed E-state index contributed by atoms with van der Waals surface area (Å²) in [7, 11) is 0. The monoisotopic (exact) mass is 254 g/mol. The second kappa shape index (κ2) is 4.49. The lowest BCUT2D eigenvalue weighted by atomic mass is 9.69. The van der Waals surface area contributed by atoms with Crippen molar-refractivity contribution >= 4 is 5.97 Å². The minimum absolute atomic E-state index is 0.0657. The molecular weight excluding hydrogens is 232 g/mol. The van der Waals surface area contributed by atoms with Gasteiger partial charge in [-0.2, -0.15) is 0 Å². The van der Waals surface area contributed by atoms with Crippen LogP contribution in [0.1, 0.15) is 51.4 Å².